The molecule has 0 radical (unpaired) electrons. The lowest BCUT2D eigenvalue weighted by molar-refractivity contribution is 0.119. The molecule has 1 aromatic rings. The first-order valence-corrected chi connectivity index (χ1v) is 8.26. The first-order valence-electron chi connectivity index (χ1n) is 6.77. The van der Waals surface area contributed by atoms with Crippen LogP contribution in [0.1, 0.15) is 32.6 Å². The normalized spacial score (nSPS) is 27.4. The van der Waals surface area contributed by atoms with Crippen molar-refractivity contribution in [2.45, 2.75) is 43.0 Å². The lowest BCUT2D eigenvalue weighted by Crippen LogP contribution is -2.53. The van der Waals surface area contributed by atoms with Gasteiger partial charge in [0.2, 0.25) is 10.0 Å². The number of hydrogen-bond acceptors (Lipinski definition) is 3. The van der Waals surface area contributed by atoms with E-state index in [4.69, 9.17) is 0 Å². The Morgan fingerprint density at radius 1 is 1.50 bits per heavy atom. The summed E-state index contributed by atoms with van der Waals surface area (Å²) in [5.74, 6) is -0.242. The van der Waals surface area contributed by atoms with Crippen LogP contribution in [0, 0.1) is 11.7 Å². The molecule has 0 bridgehead atoms. The molecule has 6 heteroatoms. The van der Waals surface area contributed by atoms with Gasteiger partial charge >= 0.3 is 0 Å². The largest absolute Gasteiger partial charge is 0.394 e. The van der Waals surface area contributed by atoms with Crippen molar-refractivity contribution in [1.29, 1.82) is 0 Å². The Kier molecular flexibility index (Phi) is 4.46. The van der Waals surface area contributed by atoms with Crippen LogP contribution in [0.5, 0.6) is 0 Å². The summed E-state index contributed by atoms with van der Waals surface area (Å²) >= 11 is 0. The Labute approximate surface area is 119 Å². The van der Waals surface area contributed by atoms with E-state index in [1.165, 1.54) is 18.2 Å². The minimum absolute atomic E-state index is 0.108. The molecule has 1 saturated carbocycles. The smallest absolute Gasteiger partial charge is 0.241 e. The summed E-state index contributed by atoms with van der Waals surface area (Å²) < 4.78 is 40.4. The number of nitrogens with one attached hydrogen (secondary N) is 1. The van der Waals surface area contributed by atoms with Gasteiger partial charge in [-0.25, -0.2) is 17.5 Å². The van der Waals surface area contributed by atoms with Crippen LogP contribution in [0.15, 0.2) is 29.2 Å². The molecule has 2 atom stereocenters. The van der Waals surface area contributed by atoms with E-state index >= 15 is 0 Å². The van der Waals surface area contributed by atoms with Gasteiger partial charge in [-0.1, -0.05) is 25.8 Å². The van der Waals surface area contributed by atoms with Crippen molar-refractivity contribution in [2.75, 3.05) is 6.61 Å². The van der Waals surface area contributed by atoms with Crippen molar-refractivity contribution in [3.05, 3.63) is 30.1 Å². The molecule has 0 amide bonds. The van der Waals surface area contributed by atoms with E-state index in [1.807, 2.05) is 6.92 Å². The van der Waals surface area contributed by atoms with Crippen LogP contribution in [0.2, 0.25) is 0 Å². The van der Waals surface area contributed by atoms with Gasteiger partial charge in [-0.3, -0.25) is 0 Å². The molecule has 0 spiro atoms. The van der Waals surface area contributed by atoms with Gasteiger partial charge in [0.05, 0.1) is 17.0 Å². The van der Waals surface area contributed by atoms with Gasteiger partial charge in [-0.15, -0.1) is 0 Å². The molecular formula is C14H20FNO3S. The van der Waals surface area contributed by atoms with Gasteiger partial charge in [0, 0.05) is 0 Å². The zero-order chi connectivity index (χ0) is 14.8. The van der Waals surface area contributed by atoms with Crippen LogP contribution in [0.3, 0.4) is 0 Å². The summed E-state index contributed by atoms with van der Waals surface area (Å²) in [4.78, 5) is -0.108. The highest BCUT2D eigenvalue weighted by atomic mass is 32.2. The monoisotopic (exact) mass is 301 g/mol. The molecule has 0 saturated heterocycles. The minimum atomic E-state index is -3.83. The fourth-order valence-corrected chi connectivity index (χ4v) is 4.37. The maximum absolute atomic E-state index is 13.2. The first-order chi connectivity index (χ1) is 9.37. The Hall–Kier alpha value is -0.980. The van der Waals surface area contributed by atoms with Crippen molar-refractivity contribution in [1.82, 2.24) is 4.72 Å². The number of sulfonamides is 1. The van der Waals surface area contributed by atoms with Crippen molar-refractivity contribution in [3.63, 3.8) is 0 Å². The number of benzene rings is 1. The van der Waals surface area contributed by atoms with Gasteiger partial charge in [0.15, 0.2) is 0 Å². The van der Waals surface area contributed by atoms with E-state index in [0.717, 1.165) is 18.9 Å². The molecule has 1 fully saturated rings. The molecule has 0 aromatic heterocycles. The molecule has 0 aliphatic heterocycles. The molecule has 1 aromatic carbocycles. The van der Waals surface area contributed by atoms with E-state index in [2.05, 4.69) is 4.72 Å². The minimum Gasteiger partial charge on any atom is -0.394 e. The van der Waals surface area contributed by atoms with E-state index in [0.29, 0.717) is 18.8 Å². The maximum Gasteiger partial charge on any atom is 0.241 e. The third-order valence-electron chi connectivity index (χ3n) is 3.85. The molecule has 2 rings (SSSR count). The lowest BCUT2D eigenvalue weighted by Gasteiger charge is -2.38. The van der Waals surface area contributed by atoms with Crippen molar-refractivity contribution < 1.29 is 17.9 Å². The third kappa shape index (κ3) is 3.37. The van der Waals surface area contributed by atoms with E-state index in [1.54, 1.807) is 0 Å². The van der Waals surface area contributed by atoms with Gasteiger partial charge in [-0.05, 0) is 37.0 Å². The summed E-state index contributed by atoms with van der Waals surface area (Å²) in [6, 6.07) is 4.89. The summed E-state index contributed by atoms with van der Waals surface area (Å²) in [5.41, 5.74) is -0.831. The fourth-order valence-electron chi connectivity index (χ4n) is 2.91. The molecule has 0 heterocycles. The summed E-state index contributed by atoms with van der Waals surface area (Å²) in [7, 11) is -3.83. The molecule has 2 N–H and O–H groups in total. The quantitative estimate of drug-likeness (QED) is 0.894. The number of aliphatic hydroxyl groups excluding tert-OH is 1. The van der Waals surface area contributed by atoms with Crippen LogP contribution in [0.4, 0.5) is 4.39 Å². The van der Waals surface area contributed by atoms with Crippen LogP contribution >= 0.6 is 0 Å². The van der Waals surface area contributed by atoms with Crippen molar-refractivity contribution >= 4 is 10.0 Å². The molecule has 1 aliphatic rings. The lowest BCUT2D eigenvalue weighted by atomic mass is 9.78. The predicted octanol–water partition coefficient (Wildman–Crippen LogP) is 2.05. The highest BCUT2D eigenvalue weighted by Gasteiger charge is 2.38. The van der Waals surface area contributed by atoms with E-state index in [-0.39, 0.29) is 11.5 Å². The zero-order valence-corrected chi connectivity index (χ0v) is 12.3. The Morgan fingerprint density at radius 2 is 2.25 bits per heavy atom. The topological polar surface area (TPSA) is 66.4 Å². The van der Waals surface area contributed by atoms with Crippen LogP contribution in [-0.2, 0) is 10.0 Å². The van der Waals surface area contributed by atoms with Crippen LogP contribution in [0.25, 0.3) is 0 Å². The van der Waals surface area contributed by atoms with Gasteiger partial charge < -0.3 is 5.11 Å². The number of aliphatic hydroxyl groups is 1. The van der Waals surface area contributed by atoms with Gasteiger partial charge in [0.1, 0.15) is 5.82 Å². The van der Waals surface area contributed by atoms with Crippen molar-refractivity contribution in [2.24, 2.45) is 5.92 Å². The maximum atomic E-state index is 13.2. The molecule has 20 heavy (non-hydrogen) atoms. The van der Waals surface area contributed by atoms with Crippen molar-refractivity contribution in [3.8, 4) is 0 Å². The standard InChI is InChI=1S/C14H20FNO3S/c1-11-4-3-7-14(9-11,10-17)16-20(18,19)13-6-2-5-12(15)8-13/h2,5-6,8,11,16-17H,3-4,7,9-10H2,1H3. The average molecular weight is 301 g/mol. The number of hydrogen-bond donors (Lipinski definition) is 2. The van der Waals surface area contributed by atoms with Crippen LogP contribution in [-0.4, -0.2) is 25.7 Å². The number of halogens is 1. The van der Waals surface area contributed by atoms with Gasteiger partial charge in [0.25, 0.3) is 0 Å². The SMILES string of the molecule is CC1CCCC(CO)(NS(=O)(=O)c2cccc(F)c2)C1. The van der Waals surface area contributed by atoms with E-state index < -0.39 is 21.4 Å². The Morgan fingerprint density at radius 3 is 2.85 bits per heavy atom. The second-order valence-corrected chi connectivity index (χ2v) is 7.39. The average Bonchev–Trinajstić information content (AvgIpc) is 2.38. The fraction of sp³-hybridized carbons (Fsp3) is 0.571. The third-order valence-corrected chi connectivity index (χ3v) is 5.43. The predicted molar refractivity (Wildman–Crippen MR) is 74.2 cm³/mol. The highest BCUT2D eigenvalue weighted by molar-refractivity contribution is 7.89. The van der Waals surface area contributed by atoms with E-state index in [9.17, 15) is 17.9 Å². The summed E-state index contributed by atoms with van der Waals surface area (Å²) in [6.07, 6.45) is 3.09. The molecular weight excluding hydrogens is 281 g/mol. The van der Waals surface area contributed by atoms with Crippen LogP contribution < -0.4 is 4.72 Å². The highest BCUT2D eigenvalue weighted by Crippen LogP contribution is 2.33. The Bertz CT molecular complexity index is 576. The number of rotatable bonds is 4. The molecule has 1 aliphatic carbocycles. The molecule has 2 unspecified atom stereocenters. The second-order valence-electron chi connectivity index (χ2n) is 5.70. The Balaban J connectivity index is 2.26. The first kappa shape index (κ1) is 15.4. The second kappa shape index (κ2) is 5.79. The molecule has 112 valence electrons. The summed E-state index contributed by atoms with van der Waals surface area (Å²) in [6.45, 7) is 1.80. The molecule has 4 nitrogen and oxygen atoms in total. The summed E-state index contributed by atoms with van der Waals surface area (Å²) in [5, 5.41) is 9.62. The van der Waals surface area contributed by atoms with Gasteiger partial charge in [-0.2, -0.15) is 0 Å². The zero-order valence-electron chi connectivity index (χ0n) is 11.5.